The molecule has 9 heteroatoms. The number of benzene rings is 2. The van der Waals surface area contributed by atoms with Crippen molar-refractivity contribution in [1.29, 1.82) is 0 Å². The maximum Gasteiger partial charge on any atom is 0.416 e. The average molecular weight is 414 g/mol. The number of halogens is 4. The second-order valence-corrected chi connectivity index (χ2v) is 6.56. The molecular formula is C21H14F4N4O. The summed E-state index contributed by atoms with van der Waals surface area (Å²) < 4.78 is 53.2. The first-order valence-corrected chi connectivity index (χ1v) is 8.86. The van der Waals surface area contributed by atoms with Crippen LogP contribution in [0.2, 0.25) is 0 Å². The van der Waals surface area contributed by atoms with Gasteiger partial charge in [0.25, 0.3) is 5.91 Å². The molecule has 30 heavy (non-hydrogen) atoms. The van der Waals surface area contributed by atoms with Gasteiger partial charge in [-0.2, -0.15) is 13.2 Å². The molecule has 0 radical (unpaired) electrons. The van der Waals surface area contributed by atoms with Gasteiger partial charge in [0.1, 0.15) is 5.82 Å². The fourth-order valence-corrected chi connectivity index (χ4v) is 2.96. The number of carbonyl (C=O) groups is 1. The van der Waals surface area contributed by atoms with Crippen LogP contribution in [0.1, 0.15) is 21.5 Å². The third-order valence-corrected chi connectivity index (χ3v) is 4.47. The van der Waals surface area contributed by atoms with Crippen LogP contribution in [0.4, 0.5) is 17.6 Å². The fraction of sp³-hybridized carbons (Fsp3) is 0.0952. The van der Waals surface area contributed by atoms with E-state index in [9.17, 15) is 22.4 Å². The Balaban J connectivity index is 1.55. The Labute approximate surface area is 168 Å². The Kier molecular flexibility index (Phi) is 4.94. The predicted molar refractivity (Wildman–Crippen MR) is 101 cm³/mol. The quantitative estimate of drug-likeness (QED) is 0.501. The molecule has 0 saturated heterocycles. The summed E-state index contributed by atoms with van der Waals surface area (Å²) in [5.74, 6) is -0.423. The summed E-state index contributed by atoms with van der Waals surface area (Å²) in [4.78, 5) is 12.5. The van der Waals surface area contributed by atoms with Crippen molar-refractivity contribution in [1.82, 2.24) is 19.9 Å². The molecule has 0 unspecified atom stereocenters. The fourth-order valence-electron chi connectivity index (χ4n) is 2.96. The van der Waals surface area contributed by atoms with E-state index in [0.717, 1.165) is 12.1 Å². The lowest BCUT2D eigenvalue weighted by Gasteiger charge is -2.10. The molecule has 0 aliphatic heterocycles. The van der Waals surface area contributed by atoms with Crippen LogP contribution in [0.3, 0.4) is 0 Å². The van der Waals surface area contributed by atoms with Crippen LogP contribution < -0.4 is 5.32 Å². The van der Waals surface area contributed by atoms with Gasteiger partial charge in [-0.1, -0.05) is 12.1 Å². The Morgan fingerprint density at radius 1 is 1.00 bits per heavy atom. The van der Waals surface area contributed by atoms with Crippen molar-refractivity contribution in [3.8, 4) is 11.4 Å². The van der Waals surface area contributed by atoms with Gasteiger partial charge in [-0.05, 0) is 54.1 Å². The zero-order chi connectivity index (χ0) is 21.3. The predicted octanol–water partition coefficient (Wildman–Crippen LogP) is 4.48. The second kappa shape index (κ2) is 7.58. The molecule has 4 rings (SSSR count). The maximum atomic E-state index is 13.2. The van der Waals surface area contributed by atoms with Crippen LogP contribution in [0.5, 0.6) is 0 Å². The molecule has 4 aromatic rings. The molecule has 5 nitrogen and oxygen atoms in total. The first-order chi connectivity index (χ1) is 14.3. The van der Waals surface area contributed by atoms with E-state index in [-0.39, 0.29) is 17.9 Å². The van der Waals surface area contributed by atoms with Gasteiger partial charge in [0.2, 0.25) is 0 Å². The topological polar surface area (TPSA) is 59.3 Å². The average Bonchev–Trinajstić information content (AvgIpc) is 3.15. The van der Waals surface area contributed by atoms with E-state index in [1.165, 1.54) is 30.5 Å². The summed E-state index contributed by atoms with van der Waals surface area (Å²) in [7, 11) is 0. The molecule has 2 heterocycles. The van der Waals surface area contributed by atoms with Gasteiger partial charge in [-0.25, -0.2) is 4.39 Å². The zero-order valence-electron chi connectivity index (χ0n) is 15.3. The van der Waals surface area contributed by atoms with Crippen molar-refractivity contribution in [3.63, 3.8) is 0 Å². The molecule has 0 aliphatic rings. The normalized spacial score (nSPS) is 11.6. The minimum absolute atomic E-state index is 0.0617. The lowest BCUT2D eigenvalue weighted by atomic mass is 10.1. The number of nitrogens with zero attached hydrogens (tertiary/aromatic N) is 3. The first kappa shape index (κ1) is 19.6. The number of hydrogen-bond donors (Lipinski definition) is 1. The Bertz CT molecular complexity index is 1220. The standard InChI is InChI=1S/C21H14F4N4O/c22-17-7-4-14(5-8-17)19-28-27-18-9-6-15(12-29(18)19)20(30)26-11-13-2-1-3-16(10-13)21(23,24)25/h1-10,12H,11H2,(H,26,30). The molecule has 0 spiro atoms. The smallest absolute Gasteiger partial charge is 0.348 e. The highest BCUT2D eigenvalue weighted by molar-refractivity contribution is 5.94. The summed E-state index contributed by atoms with van der Waals surface area (Å²) >= 11 is 0. The zero-order valence-corrected chi connectivity index (χ0v) is 15.3. The van der Waals surface area contributed by atoms with Gasteiger partial charge in [-0.15, -0.1) is 10.2 Å². The van der Waals surface area contributed by atoms with E-state index in [4.69, 9.17) is 0 Å². The monoisotopic (exact) mass is 414 g/mol. The molecule has 0 fully saturated rings. The highest BCUT2D eigenvalue weighted by Gasteiger charge is 2.30. The Morgan fingerprint density at radius 3 is 2.50 bits per heavy atom. The molecular weight excluding hydrogens is 400 g/mol. The number of fused-ring (bicyclic) bond motifs is 1. The third-order valence-electron chi connectivity index (χ3n) is 4.47. The van der Waals surface area contributed by atoms with Crippen molar-refractivity contribution in [3.05, 3.63) is 89.4 Å². The van der Waals surface area contributed by atoms with Crippen LogP contribution in [-0.4, -0.2) is 20.5 Å². The SMILES string of the molecule is O=C(NCc1cccc(C(F)(F)F)c1)c1ccc2nnc(-c3ccc(F)cc3)n2c1. The summed E-state index contributed by atoms with van der Waals surface area (Å²) in [6, 6.07) is 13.6. The highest BCUT2D eigenvalue weighted by atomic mass is 19.4. The Hall–Kier alpha value is -3.75. The molecule has 152 valence electrons. The van der Waals surface area contributed by atoms with Crippen molar-refractivity contribution < 1.29 is 22.4 Å². The van der Waals surface area contributed by atoms with Crippen LogP contribution >= 0.6 is 0 Å². The van der Waals surface area contributed by atoms with Crippen LogP contribution in [0, 0.1) is 5.82 Å². The van der Waals surface area contributed by atoms with E-state index >= 15 is 0 Å². The number of nitrogens with one attached hydrogen (secondary N) is 1. The third kappa shape index (κ3) is 4.00. The van der Waals surface area contributed by atoms with E-state index in [0.29, 0.717) is 22.6 Å². The molecule has 2 aromatic heterocycles. The number of pyridine rings is 1. The van der Waals surface area contributed by atoms with E-state index in [1.54, 1.807) is 28.7 Å². The van der Waals surface area contributed by atoms with Crippen molar-refractivity contribution in [2.24, 2.45) is 0 Å². The summed E-state index contributed by atoms with van der Waals surface area (Å²) in [5, 5.41) is 10.7. The van der Waals surface area contributed by atoms with Gasteiger partial charge >= 0.3 is 6.18 Å². The molecule has 0 bridgehead atoms. The van der Waals surface area contributed by atoms with Gasteiger partial charge in [0, 0.05) is 18.3 Å². The van der Waals surface area contributed by atoms with E-state index < -0.39 is 17.6 Å². The first-order valence-electron chi connectivity index (χ1n) is 8.86. The van der Waals surface area contributed by atoms with Crippen molar-refractivity contribution in [2.45, 2.75) is 12.7 Å². The number of rotatable bonds is 4. The maximum absolute atomic E-state index is 13.2. The minimum atomic E-state index is -4.45. The van der Waals surface area contributed by atoms with Gasteiger partial charge < -0.3 is 5.32 Å². The number of alkyl halides is 3. The van der Waals surface area contributed by atoms with Crippen LogP contribution in [-0.2, 0) is 12.7 Å². The van der Waals surface area contributed by atoms with Gasteiger partial charge in [-0.3, -0.25) is 9.20 Å². The summed E-state index contributed by atoms with van der Waals surface area (Å²) in [6.07, 6.45) is -2.92. The molecule has 0 aliphatic carbocycles. The largest absolute Gasteiger partial charge is 0.416 e. The highest BCUT2D eigenvalue weighted by Crippen LogP contribution is 2.29. The molecule has 1 amide bonds. The minimum Gasteiger partial charge on any atom is -0.348 e. The van der Waals surface area contributed by atoms with E-state index in [1.807, 2.05) is 0 Å². The molecule has 1 N–H and O–H groups in total. The molecule has 0 atom stereocenters. The van der Waals surface area contributed by atoms with E-state index in [2.05, 4.69) is 15.5 Å². The number of carbonyl (C=O) groups excluding carboxylic acids is 1. The van der Waals surface area contributed by atoms with Gasteiger partial charge in [0.15, 0.2) is 11.5 Å². The van der Waals surface area contributed by atoms with Crippen LogP contribution in [0.15, 0.2) is 66.9 Å². The number of hydrogen-bond acceptors (Lipinski definition) is 3. The lowest BCUT2D eigenvalue weighted by Crippen LogP contribution is -2.23. The Morgan fingerprint density at radius 2 is 1.77 bits per heavy atom. The second-order valence-electron chi connectivity index (χ2n) is 6.56. The van der Waals surface area contributed by atoms with Crippen molar-refractivity contribution in [2.75, 3.05) is 0 Å². The lowest BCUT2D eigenvalue weighted by molar-refractivity contribution is -0.137. The van der Waals surface area contributed by atoms with Crippen LogP contribution in [0.25, 0.3) is 17.0 Å². The van der Waals surface area contributed by atoms with Crippen molar-refractivity contribution >= 4 is 11.6 Å². The summed E-state index contributed by atoms with van der Waals surface area (Å²) in [5.41, 5.74) is 0.937. The van der Waals surface area contributed by atoms with Gasteiger partial charge in [0.05, 0.1) is 11.1 Å². The molecule has 0 saturated carbocycles. The number of aromatic nitrogens is 3. The summed E-state index contributed by atoms with van der Waals surface area (Å²) in [6.45, 7) is -0.0617. The molecule has 2 aromatic carbocycles. The number of amides is 1.